The van der Waals surface area contributed by atoms with Crippen LogP contribution in [0, 0.1) is 16.2 Å². The van der Waals surface area contributed by atoms with Crippen molar-refractivity contribution in [1.82, 2.24) is 0 Å². The highest BCUT2D eigenvalue weighted by molar-refractivity contribution is 6.09. The van der Waals surface area contributed by atoms with Crippen molar-refractivity contribution in [3.05, 3.63) is 4.91 Å². The van der Waals surface area contributed by atoms with E-state index in [2.05, 4.69) is 5.18 Å². The van der Waals surface area contributed by atoms with Gasteiger partial charge in [-0.3, -0.25) is 0 Å². The summed E-state index contributed by atoms with van der Waals surface area (Å²) in [6, 6.07) is 0. The van der Waals surface area contributed by atoms with Crippen LogP contribution in [-0.2, 0) is 0 Å². The molecule has 0 aliphatic heterocycles. The van der Waals surface area contributed by atoms with E-state index in [1.807, 2.05) is 0 Å². The highest BCUT2D eigenvalue weighted by Gasteiger charge is 2.50. The molecule has 60 valence electrons. The molecule has 0 aromatic heterocycles. The third kappa shape index (κ3) is 1.61. The number of hydrogen-bond acceptors (Lipinski definition) is 3. The minimum Gasteiger partial charge on any atom is -0.396 e. The lowest BCUT2D eigenvalue weighted by molar-refractivity contribution is 0.211. The third-order valence-corrected chi connectivity index (χ3v) is 2.65. The average Bonchev–Trinajstić information content (AvgIpc) is 2.76. The van der Waals surface area contributed by atoms with E-state index in [0.717, 1.165) is 12.8 Å². The first-order chi connectivity index (χ1) is 5.29. The maximum Gasteiger partial charge on any atom is 0.0814 e. The van der Waals surface area contributed by atoms with E-state index in [1.165, 1.54) is 0 Å². The van der Waals surface area contributed by atoms with Crippen molar-refractivity contribution >= 4 is 7.85 Å². The van der Waals surface area contributed by atoms with Gasteiger partial charge in [0.1, 0.15) is 0 Å². The van der Waals surface area contributed by atoms with E-state index in [1.54, 1.807) is 0 Å². The summed E-state index contributed by atoms with van der Waals surface area (Å²) in [5.41, 5.74) is -0.0648. The van der Waals surface area contributed by atoms with E-state index in [-0.39, 0.29) is 12.0 Å². The second-order valence-corrected chi connectivity index (χ2v) is 3.27. The minimum absolute atomic E-state index is 0.0648. The van der Waals surface area contributed by atoms with Gasteiger partial charge in [0.05, 0.1) is 14.4 Å². The van der Waals surface area contributed by atoms with Crippen LogP contribution in [0.5, 0.6) is 0 Å². The van der Waals surface area contributed by atoms with Crippen LogP contribution in [-0.4, -0.2) is 26.1 Å². The molecule has 2 atom stereocenters. The predicted octanol–water partition coefficient (Wildman–Crippen LogP) is 0.728. The topological polar surface area (TPSA) is 49.7 Å². The molecule has 0 spiro atoms. The maximum absolute atomic E-state index is 9.78. The fraction of sp³-hybridized carbons (Fsp3) is 1.00. The number of aliphatic hydroxyl groups excluding tert-OH is 1. The Hall–Kier alpha value is -0.375. The van der Waals surface area contributed by atoms with Crippen molar-refractivity contribution in [1.29, 1.82) is 0 Å². The predicted molar refractivity (Wildman–Crippen MR) is 43.5 cm³/mol. The smallest absolute Gasteiger partial charge is 0.0814 e. The first kappa shape index (κ1) is 8.72. The molecule has 0 unspecified atom stereocenters. The molecule has 0 aromatic rings. The molecule has 1 aliphatic carbocycles. The van der Waals surface area contributed by atoms with Gasteiger partial charge in [-0.2, -0.15) is 4.91 Å². The monoisotopic (exact) mass is 153 g/mol. The SMILES string of the molecule is [B]C[C@@]1(CO)C[C@@H]1CCN=O. The molecular formula is C7H12BNO2. The van der Waals surface area contributed by atoms with Crippen molar-refractivity contribution in [3.8, 4) is 0 Å². The van der Waals surface area contributed by atoms with E-state index < -0.39 is 0 Å². The van der Waals surface area contributed by atoms with Crippen LogP contribution in [0.25, 0.3) is 0 Å². The maximum atomic E-state index is 9.78. The van der Waals surface area contributed by atoms with Gasteiger partial charge in [-0.05, 0) is 24.2 Å². The Labute approximate surface area is 67.6 Å². The lowest BCUT2D eigenvalue weighted by Gasteiger charge is -2.09. The lowest BCUT2D eigenvalue weighted by atomic mass is 9.86. The summed E-state index contributed by atoms with van der Waals surface area (Å²) < 4.78 is 0. The Balaban J connectivity index is 2.26. The standard InChI is InChI=1S/C7H12BNO2/c8-4-7(5-10)3-6(7)1-2-9-11/h6,10H,1-5H2/t6-,7+/m0/s1. The number of rotatable bonds is 5. The molecule has 0 bridgehead atoms. The Bertz CT molecular complexity index is 147. The van der Waals surface area contributed by atoms with Gasteiger partial charge in [0.15, 0.2) is 0 Å². The summed E-state index contributed by atoms with van der Waals surface area (Å²) in [5, 5.41) is 11.7. The van der Waals surface area contributed by atoms with Gasteiger partial charge in [-0.15, -0.1) is 0 Å². The molecule has 3 nitrogen and oxygen atoms in total. The van der Waals surface area contributed by atoms with Crippen LogP contribution in [0.15, 0.2) is 5.18 Å². The molecule has 0 aromatic carbocycles. The molecule has 1 saturated carbocycles. The molecule has 1 fully saturated rings. The van der Waals surface area contributed by atoms with Gasteiger partial charge in [-0.25, -0.2) is 0 Å². The fourth-order valence-electron chi connectivity index (χ4n) is 1.56. The zero-order chi connectivity index (χ0) is 8.32. The van der Waals surface area contributed by atoms with Crippen LogP contribution in [0.4, 0.5) is 0 Å². The van der Waals surface area contributed by atoms with Crippen molar-refractivity contribution in [2.75, 3.05) is 13.2 Å². The third-order valence-electron chi connectivity index (χ3n) is 2.65. The van der Waals surface area contributed by atoms with Crippen molar-refractivity contribution < 1.29 is 5.11 Å². The average molecular weight is 153 g/mol. The quantitative estimate of drug-likeness (QED) is 0.467. The Morgan fingerprint density at radius 3 is 2.82 bits per heavy atom. The lowest BCUT2D eigenvalue weighted by Crippen LogP contribution is -2.09. The number of aliphatic hydroxyl groups is 1. The van der Waals surface area contributed by atoms with Gasteiger partial charge < -0.3 is 5.11 Å². The van der Waals surface area contributed by atoms with Crippen molar-refractivity contribution in [2.24, 2.45) is 16.5 Å². The highest BCUT2D eigenvalue weighted by Crippen LogP contribution is 2.56. The van der Waals surface area contributed by atoms with Gasteiger partial charge >= 0.3 is 0 Å². The molecule has 11 heavy (non-hydrogen) atoms. The van der Waals surface area contributed by atoms with Crippen LogP contribution < -0.4 is 0 Å². The summed E-state index contributed by atoms with van der Waals surface area (Å²) in [6.07, 6.45) is 2.25. The van der Waals surface area contributed by atoms with Crippen LogP contribution in [0.3, 0.4) is 0 Å². The Kier molecular flexibility index (Phi) is 2.65. The fourth-order valence-corrected chi connectivity index (χ4v) is 1.56. The molecule has 0 saturated heterocycles. The van der Waals surface area contributed by atoms with Gasteiger partial charge in [-0.1, -0.05) is 11.5 Å². The highest BCUT2D eigenvalue weighted by atomic mass is 16.3. The summed E-state index contributed by atoms with van der Waals surface area (Å²) in [5.74, 6) is 0.426. The van der Waals surface area contributed by atoms with E-state index in [0.29, 0.717) is 18.8 Å². The molecule has 1 rings (SSSR count). The van der Waals surface area contributed by atoms with E-state index in [9.17, 15) is 4.91 Å². The molecule has 2 radical (unpaired) electrons. The summed E-state index contributed by atoms with van der Waals surface area (Å²) >= 11 is 0. The van der Waals surface area contributed by atoms with Gasteiger partial charge in [0.2, 0.25) is 0 Å². The summed E-state index contributed by atoms with van der Waals surface area (Å²) in [7, 11) is 5.47. The Morgan fingerprint density at radius 2 is 2.45 bits per heavy atom. The summed E-state index contributed by atoms with van der Waals surface area (Å²) in [4.78, 5) is 9.78. The molecule has 1 N–H and O–H groups in total. The second kappa shape index (κ2) is 3.35. The number of nitroso groups, excluding NO2 is 1. The zero-order valence-electron chi connectivity index (χ0n) is 6.49. The number of hydrogen-bond donors (Lipinski definition) is 1. The van der Waals surface area contributed by atoms with Crippen LogP contribution in [0.1, 0.15) is 12.8 Å². The molecular weight excluding hydrogens is 141 g/mol. The van der Waals surface area contributed by atoms with Crippen LogP contribution in [0.2, 0.25) is 6.32 Å². The first-order valence-electron chi connectivity index (χ1n) is 3.89. The second-order valence-electron chi connectivity index (χ2n) is 3.27. The normalized spacial score (nSPS) is 35.2. The minimum atomic E-state index is -0.0648. The summed E-state index contributed by atoms with van der Waals surface area (Å²) in [6.45, 7) is 0.499. The van der Waals surface area contributed by atoms with E-state index in [4.69, 9.17) is 13.0 Å². The number of nitrogens with zero attached hydrogens (tertiary/aromatic N) is 1. The first-order valence-corrected chi connectivity index (χ1v) is 3.89. The van der Waals surface area contributed by atoms with Crippen molar-refractivity contribution in [2.45, 2.75) is 19.2 Å². The molecule has 0 heterocycles. The van der Waals surface area contributed by atoms with E-state index >= 15 is 0 Å². The Morgan fingerprint density at radius 1 is 1.73 bits per heavy atom. The van der Waals surface area contributed by atoms with Crippen LogP contribution >= 0.6 is 0 Å². The zero-order valence-corrected chi connectivity index (χ0v) is 6.49. The molecule has 0 amide bonds. The van der Waals surface area contributed by atoms with Gasteiger partial charge in [0, 0.05) is 6.61 Å². The largest absolute Gasteiger partial charge is 0.396 e. The van der Waals surface area contributed by atoms with Gasteiger partial charge in [0.25, 0.3) is 0 Å². The molecule has 4 heteroatoms. The molecule has 1 aliphatic rings. The van der Waals surface area contributed by atoms with Crippen molar-refractivity contribution in [3.63, 3.8) is 0 Å².